The van der Waals surface area contributed by atoms with Crippen LogP contribution in [-0.2, 0) is 21.1 Å². The number of nitrogens with zero attached hydrogens (tertiary/aromatic N) is 1. The van der Waals surface area contributed by atoms with Crippen LogP contribution in [0.15, 0.2) is 47.4 Å². The number of nitrogens with one attached hydrogen (secondary N) is 1. The van der Waals surface area contributed by atoms with E-state index in [0.717, 1.165) is 6.26 Å². The van der Waals surface area contributed by atoms with Crippen LogP contribution >= 0.6 is 0 Å². The largest absolute Gasteiger partial charge is 0.369 e. The third-order valence-electron chi connectivity index (χ3n) is 3.19. The van der Waals surface area contributed by atoms with Gasteiger partial charge < -0.3 is 11.1 Å². The molecule has 0 saturated heterocycles. The van der Waals surface area contributed by atoms with Gasteiger partial charge in [-0.25, -0.2) is 8.42 Å². The average Bonchev–Trinajstić information content (AvgIpc) is 2.47. The number of primary amides is 1. The number of nitro groups is 1. The lowest BCUT2D eigenvalue weighted by Crippen LogP contribution is -2.13. The smallest absolute Gasteiger partial charge is 0.311 e. The van der Waals surface area contributed by atoms with Crippen molar-refractivity contribution in [2.75, 3.05) is 11.6 Å². The molecular formula is C15H15N3O5S. The molecule has 2 aromatic carbocycles. The van der Waals surface area contributed by atoms with E-state index in [2.05, 4.69) is 5.32 Å². The van der Waals surface area contributed by atoms with Crippen LogP contribution in [0.3, 0.4) is 0 Å². The molecule has 0 aromatic heterocycles. The summed E-state index contributed by atoms with van der Waals surface area (Å²) in [4.78, 5) is 21.1. The van der Waals surface area contributed by atoms with Gasteiger partial charge in [-0.05, 0) is 29.8 Å². The average molecular weight is 349 g/mol. The second-order valence-electron chi connectivity index (χ2n) is 5.15. The first-order chi connectivity index (χ1) is 11.2. The summed E-state index contributed by atoms with van der Waals surface area (Å²) in [5.74, 6) is -0.466. The van der Waals surface area contributed by atoms with E-state index >= 15 is 0 Å². The fourth-order valence-corrected chi connectivity index (χ4v) is 3.03. The first-order valence-electron chi connectivity index (χ1n) is 6.80. The van der Waals surface area contributed by atoms with Crippen molar-refractivity contribution in [2.24, 2.45) is 5.73 Å². The zero-order chi connectivity index (χ0) is 17.9. The lowest BCUT2D eigenvalue weighted by atomic mass is 10.1. The first-order valence-corrected chi connectivity index (χ1v) is 8.69. The van der Waals surface area contributed by atoms with Gasteiger partial charge in [-0.15, -0.1) is 0 Å². The van der Waals surface area contributed by atoms with Crippen molar-refractivity contribution in [1.82, 2.24) is 0 Å². The first kappa shape index (κ1) is 17.4. The quantitative estimate of drug-likeness (QED) is 0.603. The van der Waals surface area contributed by atoms with E-state index in [1.165, 1.54) is 18.2 Å². The summed E-state index contributed by atoms with van der Waals surface area (Å²) in [6, 6.07) is 10.6. The van der Waals surface area contributed by atoms with E-state index in [0.29, 0.717) is 11.3 Å². The van der Waals surface area contributed by atoms with E-state index in [4.69, 9.17) is 5.73 Å². The number of nitro benzene ring substituents is 1. The Hall–Kier alpha value is -2.94. The highest BCUT2D eigenvalue weighted by Gasteiger charge is 2.26. The van der Waals surface area contributed by atoms with Crippen LogP contribution in [0.1, 0.15) is 5.56 Å². The summed E-state index contributed by atoms with van der Waals surface area (Å²) in [5.41, 5.74) is 5.87. The van der Waals surface area contributed by atoms with Gasteiger partial charge in [0.05, 0.1) is 11.3 Å². The second kappa shape index (κ2) is 6.67. The number of rotatable bonds is 6. The molecular weight excluding hydrogens is 334 g/mol. The SMILES string of the molecule is CS(=O)(=O)c1cccc(Nc2ccc(CC(N)=O)cc2)c1[N+](=O)[O-]. The van der Waals surface area contributed by atoms with Crippen molar-refractivity contribution < 1.29 is 18.1 Å². The Labute approximate surface area is 138 Å². The molecule has 24 heavy (non-hydrogen) atoms. The van der Waals surface area contributed by atoms with Crippen molar-refractivity contribution in [3.8, 4) is 0 Å². The van der Waals surface area contributed by atoms with E-state index in [-0.39, 0.29) is 17.0 Å². The van der Waals surface area contributed by atoms with Crippen LogP contribution in [0, 0.1) is 10.1 Å². The third-order valence-corrected chi connectivity index (χ3v) is 4.32. The number of benzene rings is 2. The van der Waals surface area contributed by atoms with Crippen molar-refractivity contribution in [3.05, 3.63) is 58.1 Å². The zero-order valence-corrected chi connectivity index (χ0v) is 13.5. The van der Waals surface area contributed by atoms with Crippen LogP contribution in [0.5, 0.6) is 0 Å². The number of carbonyl (C=O) groups is 1. The van der Waals surface area contributed by atoms with Gasteiger partial charge in [0, 0.05) is 11.9 Å². The molecule has 1 amide bonds. The fourth-order valence-electron chi connectivity index (χ4n) is 2.17. The molecule has 0 aliphatic rings. The number of hydrogen-bond acceptors (Lipinski definition) is 6. The molecule has 0 atom stereocenters. The minimum absolute atomic E-state index is 0.0607. The minimum atomic E-state index is -3.75. The fraction of sp³-hybridized carbons (Fsp3) is 0.133. The number of amides is 1. The van der Waals surface area contributed by atoms with Gasteiger partial charge >= 0.3 is 5.69 Å². The molecule has 3 N–H and O–H groups in total. The molecule has 2 rings (SSSR count). The van der Waals surface area contributed by atoms with E-state index < -0.39 is 26.4 Å². The molecule has 0 saturated carbocycles. The summed E-state index contributed by atoms with van der Waals surface area (Å²) in [6.07, 6.45) is 1.00. The number of anilines is 2. The summed E-state index contributed by atoms with van der Waals surface area (Å²) in [7, 11) is -3.75. The van der Waals surface area contributed by atoms with Crippen LogP contribution in [0.4, 0.5) is 17.1 Å². The zero-order valence-electron chi connectivity index (χ0n) is 12.7. The predicted molar refractivity (Wildman–Crippen MR) is 88.8 cm³/mol. The number of para-hydroxylation sites is 1. The predicted octanol–water partition coefficient (Wildman–Crippen LogP) is 1.77. The van der Waals surface area contributed by atoms with Crippen LogP contribution in [0.25, 0.3) is 0 Å². The molecule has 0 bridgehead atoms. The van der Waals surface area contributed by atoms with Gasteiger partial charge in [-0.2, -0.15) is 0 Å². The molecule has 0 spiro atoms. The number of hydrogen-bond donors (Lipinski definition) is 2. The normalized spacial score (nSPS) is 11.0. The maximum atomic E-state index is 11.7. The number of carbonyl (C=O) groups excluding carboxylic acids is 1. The molecule has 2 aromatic rings. The Morgan fingerprint density at radius 2 is 1.83 bits per heavy atom. The van der Waals surface area contributed by atoms with E-state index in [1.807, 2.05) is 0 Å². The van der Waals surface area contributed by atoms with Crippen LogP contribution in [-0.4, -0.2) is 25.5 Å². The Kier molecular flexibility index (Phi) is 4.84. The van der Waals surface area contributed by atoms with Crippen molar-refractivity contribution >= 4 is 32.8 Å². The van der Waals surface area contributed by atoms with Crippen molar-refractivity contribution in [3.63, 3.8) is 0 Å². The monoisotopic (exact) mass is 349 g/mol. The summed E-state index contributed by atoms with van der Waals surface area (Å²) < 4.78 is 23.5. The summed E-state index contributed by atoms with van der Waals surface area (Å²) >= 11 is 0. The van der Waals surface area contributed by atoms with E-state index in [9.17, 15) is 23.3 Å². The Morgan fingerprint density at radius 3 is 2.33 bits per heavy atom. The van der Waals surface area contributed by atoms with Gasteiger partial charge in [0.1, 0.15) is 10.6 Å². The lowest BCUT2D eigenvalue weighted by Gasteiger charge is -2.10. The maximum absolute atomic E-state index is 11.7. The second-order valence-corrected chi connectivity index (χ2v) is 7.13. The van der Waals surface area contributed by atoms with Crippen LogP contribution < -0.4 is 11.1 Å². The summed E-state index contributed by atoms with van der Waals surface area (Å²) in [6.45, 7) is 0. The molecule has 0 aliphatic heterocycles. The highest BCUT2D eigenvalue weighted by atomic mass is 32.2. The lowest BCUT2D eigenvalue weighted by molar-refractivity contribution is -0.386. The highest BCUT2D eigenvalue weighted by molar-refractivity contribution is 7.90. The number of sulfone groups is 1. The molecule has 0 fully saturated rings. The van der Waals surface area contributed by atoms with Gasteiger partial charge in [0.2, 0.25) is 5.91 Å². The molecule has 0 radical (unpaired) electrons. The van der Waals surface area contributed by atoms with E-state index in [1.54, 1.807) is 24.3 Å². The molecule has 0 unspecified atom stereocenters. The van der Waals surface area contributed by atoms with Gasteiger partial charge in [0.25, 0.3) is 0 Å². The van der Waals surface area contributed by atoms with Gasteiger partial charge in [0.15, 0.2) is 9.84 Å². The van der Waals surface area contributed by atoms with Gasteiger partial charge in [-0.1, -0.05) is 18.2 Å². The molecule has 0 heterocycles. The topological polar surface area (TPSA) is 132 Å². The third kappa shape index (κ3) is 4.07. The summed E-state index contributed by atoms with van der Waals surface area (Å²) in [5, 5.41) is 14.1. The van der Waals surface area contributed by atoms with Crippen LogP contribution in [0.2, 0.25) is 0 Å². The number of nitrogens with two attached hydrogens (primary N) is 1. The standard InChI is InChI=1S/C15H15N3O5S/c1-24(22,23)13-4-2-3-12(15(13)18(20)21)17-11-7-5-10(6-8-11)9-14(16)19/h2-8,17H,9H2,1H3,(H2,16,19). The molecule has 0 aliphatic carbocycles. The maximum Gasteiger partial charge on any atom is 0.311 e. The molecule has 126 valence electrons. The van der Waals surface area contributed by atoms with Gasteiger partial charge in [-0.3, -0.25) is 14.9 Å². The Morgan fingerprint density at radius 1 is 1.21 bits per heavy atom. The Balaban J connectivity index is 2.39. The minimum Gasteiger partial charge on any atom is -0.369 e. The van der Waals surface area contributed by atoms with Crippen molar-refractivity contribution in [2.45, 2.75) is 11.3 Å². The molecule has 9 heteroatoms. The highest BCUT2D eigenvalue weighted by Crippen LogP contribution is 2.33. The molecule has 8 nitrogen and oxygen atoms in total. The Bertz CT molecular complexity index is 892. The van der Waals surface area contributed by atoms with Crippen molar-refractivity contribution in [1.29, 1.82) is 0 Å².